The van der Waals surface area contributed by atoms with E-state index in [1.807, 2.05) is 0 Å². The third-order valence-electron chi connectivity index (χ3n) is 3.57. The summed E-state index contributed by atoms with van der Waals surface area (Å²) < 4.78 is 15.6. The van der Waals surface area contributed by atoms with Crippen molar-refractivity contribution in [2.75, 3.05) is 0 Å². The van der Waals surface area contributed by atoms with Crippen LogP contribution in [-0.4, -0.2) is 45.1 Å². The van der Waals surface area contributed by atoms with Gasteiger partial charge in [0.1, 0.15) is 0 Å². The van der Waals surface area contributed by atoms with Gasteiger partial charge in [0.05, 0.1) is 0 Å². The molecule has 0 bridgehead atoms. The first-order valence-electron chi connectivity index (χ1n) is 10.1. The van der Waals surface area contributed by atoms with Gasteiger partial charge in [-0.3, -0.25) is 9.49 Å². The molecule has 6 nitrogen and oxygen atoms in total. The summed E-state index contributed by atoms with van der Waals surface area (Å²) >= 11 is 0. The Morgan fingerprint density at radius 1 is 0.538 bits per heavy atom. The highest BCUT2D eigenvalue weighted by molar-refractivity contribution is 7.93. The van der Waals surface area contributed by atoms with E-state index in [0.717, 1.165) is 0 Å². The molecule has 0 aromatic carbocycles. The fourth-order valence-corrected chi connectivity index (χ4v) is 13.9. The van der Waals surface area contributed by atoms with Gasteiger partial charge in [-0.2, -0.15) is 0 Å². The van der Waals surface area contributed by atoms with Crippen LogP contribution in [0.4, 0.5) is 0 Å². The minimum absolute atomic E-state index is 0.230. The first-order chi connectivity index (χ1) is 11.8. The van der Waals surface area contributed by atoms with Gasteiger partial charge in [-0.25, -0.2) is 8.88 Å². The molecule has 0 amide bonds. The van der Waals surface area contributed by atoms with Crippen LogP contribution in [-0.2, 0) is 0 Å². The van der Waals surface area contributed by atoms with E-state index in [9.17, 15) is 0 Å². The first-order valence-corrected chi connectivity index (χ1v) is 13.3. The Kier molecular flexibility index (Phi) is 8.61. The molecule has 1 fully saturated rings. The van der Waals surface area contributed by atoms with Crippen molar-refractivity contribution >= 4 is 15.0 Å². The third-order valence-corrected chi connectivity index (χ3v) is 13.6. The lowest BCUT2D eigenvalue weighted by Crippen LogP contribution is -2.49. The number of hydrogen-bond donors (Lipinski definition) is 0. The molecule has 1 saturated heterocycles. The van der Waals surface area contributed by atoms with E-state index >= 15 is 0 Å². The van der Waals surface area contributed by atoms with Gasteiger partial charge in [-0.05, 0) is 55.4 Å². The highest BCUT2D eigenvalue weighted by atomic mass is 31.3. The highest BCUT2D eigenvalue weighted by Gasteiger charge is 2.51. The van der Waals surface area contributed by atoms with Gasteiger partial charge in [-0.15, -0.1) is 12.1 Å². The van der Waals surface area contributed by atoms with Gasteiger partial charge in [0, 0.05) is 39.2 Å². The molecular formula is C18H42N6P2-2. The number of hydrogen-bond acceptors (Lipinski definition) is 2. The molecule has 8 heteroatoms. The van der Waals surface area contributed by atoms with E-state index in [-0.39, 0.29) is 24.2 Å². The lowest BCUT2D eigenvalue weighted by molar-refractivity contribution is 0.408. The van der Waals surface area contributed by atoms with E-state index in [4.69, 9.17) is 19.7 Å². The average Bonchev–Trinajstić information content (AvgIpc) is 2.32. The summed E-state index contributed by atoms with van der Waals surface area (Å²) in [5.41, 5.74) is 0. The van der Waals surface area contributed by atoms with Crippen LogP contribution >= 0.6 is 15.0 Å². The van der Waals surface area contributed by atoms with Crippen molar-refractivity contribution in [2.24, 2.45) is 9.49 Å². The fourth-order valence-electron chi connectivity index (χ4n) is 3.44. The predicted molar refractivity (Wildman–Crippen MR) is 120 cm³/mol. The van der Waals surface area contributed by atoms with Crippen LogP contribution in [0.5, 0.6) is 0 Å². The number of nitrogens with zero attached hydrogens (tertiary/aromatic N) is 6. The Bertz CT molecular complexity index is 500. The van der Waals surface area contributed by atoms with Crippen LogP contribution in [0.1, 0.15) is 83.1 Å². The molecule has 0 unspecified atom stereocenters. The normalized spacial score (nSPS) is 28.1. The standard InChI is InChI=1S/C18H42N6P2/c1-13(2)19-25(20-14(3)4)23(17(9)10)26(21-15(5)6,22-16(7)8)24(25)18(11)12/h13-18H,1-12H3/q-2. The summed E-state index contributed by atoms with van der Waals surface area (Å²) in [5, 5.41) is 10.5. The van der Waals surface area contributed by atoms with E-state index in [0.29, 0.717) is 12.1 Å². The van der Waals surface area contributed by atoms with Crippen molar-refractivity contribution in [3.8, 4) is 0 Å². The lowest BCUT2D eigenvalue weighted by Gasteiger charge is -2.78. The van der Waals surface area contributed by atoms with Gasteiger partial charge in [0.2, 0.25) is 0 Å². The molecule has 0 aromatic heterocycles. The minimum Gasteiger partial charge on any atom is -0.593 e. The molecule has 1 rings (SSSR count). The fraction of sp³-hybridized carbons (Fsp3) is 1.00. The molecule has 0 N–H and O–H groups in total. The van der Waals surface area contributed by atoms with E-state index < -0.39 is 15.0 Å². The van der Waals surface area contributed by atoms with Gasteiger partial charge >= 0.3 is 0 Å². The molecule has 1 heterocycles. The second-order valence-corrected chi connectivity index (χ2v) is 14.2. The maximum absolute atomic E-state index is 5.27. The molecule has 0 radical (unpaired) electrons. The van der Waals surface area contributed by atoms with Crippen molar-refractivity contribution < 1.29 is 0 Å². The molecule has 0 aromatic rings. The topological polar surface area (TPSA) is 59.4 Å². The Hall–Kier alpha value is 0.300. The van der Waals surface area contributed by atoms with Crippen LogP contribution in [0.25, 0.3) is 10.2 Å². The van der Waals surface area contributed by atoms with E-state index in [1.165, 1.54) is 0 Å². The zero-order valence-corrected chi connectivity index (χ0v) is 20.8. The van der Waals surface area contributed by atoms with E-state index in [1.54, 1.807) is 0 Å². The van der Waals surface area contributed by atoms with Crippen LogP contribution in [0.15, 0.2) is 9.49 Å². The predicted octanol–water partition coefficient (Wildman–Crippen LogP) is 7.69. The summed E-state index contributed by atoms with van der Waals surface area (Å²) in [6, 6.07) is 1.54. The molecule has 26 heavy (non-hydrogen) atoms. The number of rotatable bonds is 8. The second-order valence-electron chi connectivity index (χ2n) is 8.74. The molecular weight excluding hydrogens is 362 g/mol. The van der Waals surface area contributed by atoms with Crippen LogP contribution in [0, 0.1) is 0 Å². The minimum atomic E-state index is -2.17. The molecule has 1 aliphatic rings. The quantitative estimate of drug-likeness (QED) is 0.389. The SMILES string of the molecule is CC(C)N=P1([N-]C(C)C)N(C(C)C)P(=NC(C)C)([N-]C(C)C)N1C(C)C. The molecule has 0 aliphatic carbocycles. The summed E-state index contributed by atoms with van der Waals surface area (Å²) in [6.07, 6.45) is 0. The zero-order valence-electron chi connectivity index (χ0n) is 19.0. The highest BCUT2D eigenvalue weighted by Crippen LogP contribution is 2.94. The Balaban J connectivity index is 3.82. The first kappa shape index (κ1) is 24.3. The van der Waals surface area contributed by atoms with Gasteiger partial charge < -0.3 is 10.2 Å². The molecule has 0 atom stereocenters. The Morgan fingerprint density at radius 2 is 0.808 bits per heavy atom. The maximum Gasteiger partial charge on any atom is 0.0439 e. The maximum atomic E-state index is 5.27. The smallest absolute Gasteiger partial charge is 0.0439 e. The van der Waals surface area contributed by atoms with Crippen molar-refractivity contribution in [1.82, 2.24) is 8.88 Å². The van der Waals surface area contributed by atoms with Crippen molar-refractivity contribution in [3.05, 3.63) is 10.2 Å². The second kappa shape index (κ2) is 9.20. The largest absolute Gasteiger partial charge is 0.593 e. The summed E-state index contributed by atoms with van der Waals surface area (Å²) in [7, 11) is -4.34. The van der Waals surface area contributed by atoms with Crippen molar-refractivity contribution in [2.45, 2.75) is 119 Å². The third kappa shape index (κ3) is 4.82. The van der Waals surface area contributed by atoms with Gasteiger partial charge in [0.25, 0.3) is 0 Å². The van der Waals surface area contributed by atoms with Crippen molar-refractivity contribution in [3.63, 3.8) is 0 Å². The molecule has 0 spiro atoms. The van der Waals surface area contributed by atoms with Crippen LogP contribution in [0.3, 0.4) is 0 Å². The summed E-state index contributed by atoms with van der Waals surface area (Å²) in [6.45, 7) is 26.3. The van der Waals surface area contributed by atoms with Crippen LogP contribution in [0.2, 0.25) is 0 Å². The average molecular weight is 405 g/mol. The Labute approximate surface area is 163 Å². The summed E-state index contributed by atoms with van der Waals surface area (Å²) in [4.78, 5) is 0. The van der Waals surface area contributed by atoms with Gasteiger partial charge in [0.15, 0.2) is 0 Å². The van der Waals surface area contributed by atoms with Crippen LogP contribution < -0.4 is 0 Å². The lowest BCUT2D eigenvalue weighted by atomic mass is 10.4. The van der Waals surface area contributed by atoms with Crippen molar-refractivity contribution in [1.29, 1.82) is 0 Å². The molecule has 1 aliphatic heterocycles. The zero-order chi connectivity index (χ0) is 20.4. The Morgan fingerprint density at radius 3 is 0.962 bits per heavy atom. The molecule has 156 valence electrons. The summed E-state index contributed by atoms with van der Waals surface area (Å²) in [5.74, 6) is 0. The van der Waals surface area contributed by atoms with E-state index in [2.05, 4.69) is 92.0 Å². The molecule has 0 saturated carbocycles. The monoisotopic (exact) mass is 404 g/mol. The van der Waals surface area contributed by atoms with Gasteiger partial charge in [-0.1, -0.05) is 27.7 Å².